The Bertz CT molecular complexity index is 750. The van der Waals surface area contributed by atoms with Gasteiger partial charge in [0.15, 0.2) is 0 Å². The average Bonchev–Trinajstić information content (AvgIpc) is 2.59. The summed E-state index contributed by atoms with van der Waals surface area (Å²) in [6.07, 6.45) is 1.98. The lowest BCUT2D eigenvalue weighted by atomic mass is 9.84. The number of anilines is 1. The molecule has 0 N–H and O–H groups in total. The van der Waals surface area contributed by atoms with Gasteiger partial charge in [0.2, 0.25) is 0 Å². The van der Waals surface area contributed by atoms with E-state index in [9.17, 15) is 21.6 Å². The number of benzene rings is 1. The Balaban J connectivity index is 2.39. The molecule has 1 aliphatic rings. The van der Waals surface area contributed by atoms with Crippen molar-refractivity contribution in [2.45, 2.75) is 24.8 Å². The summed E-state index contributed by atoms with van der Waals surface area (Å²) in [5.41, 5.74) is -3.25. The highest BCUT2D eigenvalue weighted by molar-refractivity contribution is 7.91. The zero-order valence-electron chi connectivity index (χ0n) is 12.2. The lowest BCUT2D eigenvalue weighted by molar-refractivity contribution is -0.0435. The third-order valence-corrected chi connectivity index (χ3v) is 4.65. The second-order valence-corrected chi connectivity index (χ2v) is 7.05. The number of fused-ring (bicyclic) bond motifs is 1. The third-order valence-electron chi connectivity index (χ3n) is 3.66. The SMILES string of the molecule is CN1/C(=C\C=N/S(=O)(=O)C(F)(F)F)C(C)(C)c2ccccc21. The van der Waals surface area contributed by atoms with Gasteiger partial charge in [0.05, 0.1) is 0 Å². The molecule has 0 aromatic heterocycles. The van der Waals surface area contributed by atoms with Crippen molar-refractivity contribution in [2.75, 3.05) is 11.9 Å². The molecule has 0 saturated carbocycles. The second kappa shape index (κ2) is 5.12. The zero-order valence-corrected chi connectivity index (χ0v) is 13.0. The number of hydrogen-bond donors (Lipinski definition) is 0. The van der Waals surface area contributed by atoms with E-state index < -0.39 is 20.9 Å². The molecular weight excluding hydrogens is 317 g/mol. The summed E-state index contributed by atoms with van der Waals surface area (Å²) in [6, 6.07) is 7.55. The molecule has 0 unspecified atom stereocenters. The van der Waals surface area contributed by atoms with E-state index in [1.807, 2.05) is 43.0 Å². The van der Waals surface area contributed by atoms with Crippen LogP contribution in [0.15, 0.2) is 40.4 Å². The van der Waals surface area contributed by atoms with Crippen molar-refractivity contribution < 1.29 is 21.6 Å². The van der Waals surface area contributed by atoms with Crippen LogP contribution in [0.2, 0.25) is 0 Å². The fourth-order valence-corrected chi connectivity index (χ4v) is 2.88. The number of sulfonamides is 1. The molecule has 0 spiro atoms. The van der Waals surface area contributed by atoms with Crippen LogP contribution in [-0.4, -0.2) is 27.2 Å². The number of hydrogen-bond acceptors (Lipinski definition) is 3. The van der Waals surface area contributed by atoms with E-state index in [1.54, 1.807) is 7.05 Å². The smallest absolute Gasteiger partial charge is 0.347 e. The molecule has 2 rings (SSSR count). The highest BCUT2D eigenvalue weighted by Crippen LogP contribution is 2.46. The Morgan fingerprint density at radius 2 is 1.82 bits per heavy atom. The molecule has 0 atom stereocenters. The summed E-state index contributed by atoms with van der Waals surface area (Å²) in [7, 11) is -3.74. The fourth-order valence-electron chi connectivity index (χ4n) is 2.54. The van der Waals surface area contributed by atoms with Crippen LogP contribution in [0, 0.1) is 0 Å². The van der Waals surface area contributed by atoms with Crippen molar-refractivity contribution >= 4 is 21.9 Å². The van der Waals surface area contributed by atoms with Crippen molar-refractivity contribution in [1.29, 1.82) is 0 Å². The standard InChI is InChI=1S/C14H15F3N2O2S/c1-13(2)10-6-4-5-7-11(10)19(3)12(13)8-9-18-22(20,21)14(15,16)17/h4-9H,1-3H3/b12-8-,18-9-. The van der Waals surface area contributed by atoms with Gasteiger partial charge in [-0.3, -0.25) is 0 Å². The van der Waals surface area contributed by atoms with Gasteiger partial charge in [-0.25, -0.2) is 0 Å². The maximum absolute atomic E-state index is 12.2. The van der Waals surface area contributed by atoms with Crippen LogP contribution in [0.4, 0.5) is 18.9 Å². The molecule has 0 amide bonds. The normalized spacial score (nSPS) is 19.9. The van der Waals surface area contributed by atoms with Crippen molar-refractivity contribution in [3.63, 3.8) is 0 Å². The minimum absolute atomic E-state index is 0.459. The first kappa shape index (κ1) is 16.5. The van der Waals surface area contributed by atoms with Gasteiger partial charge in [-0.05, 0) is 17.7 Å². The Labute approximate surface area is 127 Å². The molecule has 120 valence electrons. The van der Waals surface area contributed by atoms with Crippen LogP contribution in [-0.2, 0) is 15.4 Å². The quantitative estimate of drug-likeness (QED) is 0.782. The minimum atomic E-state index is -5.51. The van der Waals surface area contributed by atoms with E-state index in [2.05, 4.69) is 4.40 Å². The monoisotopic (exact) mass is 332 g/mol. The first-order valence-electron chi connectivity index (χ1n) is 6.39. The van der Waals surface area contributed by atoms with Crippen molar-refractivity contribution in [1.82, 2.24) is 0 Å². The van der Waals surface area contributed by atoms with Crippen LogP contribution < -0.4 is 4.90 Å². The lowest BCUT2D eigenvalue weighted by Gasteiger charge is -2.23. The second-order valence-electron chi connectivity index (χ2n) is 5.43. The van der Waals surface area contributed by atoms with E-state index in [4.69, 9.17) is 0 Å². The van der Waals surface area contributed by atoms with Gasteiger partial charge in [0, 0.05) is 30.1 Å². The number of allylic oxidation sites excluding steroid dienone is 2. The van der Waals surface area contributed by atoms with Crippen LogP contribution in [0.1, 0.15) is 19.4 Å². The third kappa shape index (κ3) is 2.63. The first-order chi connectivity index (χ1) is 9.98. The molecule has 0 aliphatic carbocycles. The largest absolute Gasteiger partial charge is 0.518 e. The number of halogens is 3. The van der Waals surface area contributed by atoms with E-state index in [-0.39, 0.29) is 0 Å². The number of rotatable bonds is 2. The maximum atomic E-state index is 12.2. The fraction of sp³-hybridized carbons (Fsp3) is 0.357. The van der Waals surface area contributed by atoms with Crippen LogP contribution in [0.25, 0.3) is 0 Å². The van der Waals surface area contributed by atoms with Crippen molar-refractivity contribution in [3.05, 3.63) is 41.6 Å². The number of likely N-dealkylation sites (N-methyl/N-ethyl adjacent to an activating group) is 1. The van der Waals surface area contributed by atoms with Gasteiger partial charge in [0.1, 0.15) is 0 Å². The molecule has 4 nitrogen and oxygen atoms in total. The molecule has 1 aliphatic heterocycles. The maximum Gasteiger partial charge on any atom is 0.518 e. The zero-order chi connectivity index (χ0) is 16.8. The number of nitrogens with zero attached hydrogens (tertiary/aromatic N) is 2. The Morgan fingerprint density at radius 3 is 2.36 bits per heavy atom. The number of alkyl halides is 3. The molecule has 1 aromatic rings. The summed E-state index contributed by atoms with van der Waals surface area (Å²) in [6.45, 7) is 3.82. The van der Waals surface area contributed by atoms with E-state index in [0.717, 1.165) is 11.3 Å². The Morgan fingerprint density at radius 1 is 1.23 bits per heavy atom. The summed E-state index contributed by atoms with van der Waals surface area (Å²) in [5, 5.41) is 0. The van der Waals surface area contributed by atoms with Gasteiger partial charge in [0.25, 0.3) is 0 Å². The number of para-hydroxylation sites is 1. The summed E-state index contributed by atoms with van der Waals surface area (Å²) in [5.74, 6) is 0. The topological polar surface area (TPSA) is 49.7 Å². The molecule has 1 heterocycles. The van der Waals surface area contributed by atoms with Gasteiger partial charge in [-0.2, -0.15) is 26.0 Å². The van der Waals surface area contributed by atoms with Crippen LogP contribution in [0.5, 0.6) is 0 Å². The molecule has 0 radical (unpaired) electrons. The van der Waals surface area contributed by atoms with E-state index in [1.165, 1.54) is 6.08 Å². The highest BCUT2D eigenvalue weighted by Gasteiger charge is 2.45. The van der Waals surface area contributed by atoms with Crippen molar-refractivity contribution in [3.8, 4) is 0 Å². The highest BCUT2D eigenvalue weighted by atomic mass is 32.2. The van der Waals surface area contributed by atoms with Gasteiger partial charge >= 0.3 is 15.5 Å². The van der Waals surface area contributed by atoms with Gasteiger partial charge < -0.3 is 4.90 Å². The molecule has 0 bridgehead atoms. The van der Waals surface area contributed by atoms with E-state index >= 15 is 0 Å². The average molecular weight is 332 g/mol. The Hall–Kier alpha value is -1.83. The predicted octanol–water partition coefficient (Wildman–Crippen LogP) is 3.22. The summed E-state index contributed by atoms with van der Waals surface area (Å²) < 4.78 is 61.3. The van der Waals surface area contributed by atoms with Gasteiger partial charge in [-0.15, -0.1) is 0 Å². The van der Waals surface area contributed by atoms with E-state index in [0.29, 0.717) is 11.9 Å². The molecular formula is C14H15F3N2O2S. The van der Waals surface area contributed by atoms with Crippen molar-refractivity contribution in [2.24, 2.45) is 4.40 Å². The predicted molar refractivity (Wildman–Crippen MR) is 79.4 cm³/mol. The Kier molecular flexibility index (Phi) is 3.85. The van der Waals surface area contributed by atoms with Gasteiger partial charge in [-0.1, -0.05) is 32.0 Å². The molecule has 0 fully saturated rings. The van der Waals surface area contributed by atoms with Crippen LogP contribution >= 0.6 is 0 Å². The molecule has 0 saturated heterocycles. The lowest BCUT2D eigenvalue weighted by Crippen LogP contribution is -2.23. The molecule has 22 heavy (non-hydrogen) atoms. The summed E-state index contributed by atoms with van der Waals surface area (Å²) in [4.78, 5) is 1.81. The van der Waals surface area contributed by atoms with Crippen LogP contribution in [0.3, 0.4) is 0 Å². The molecule has 8 heteroatoms. The minimum Gasteiger partial charge on any atom is -0.347 e. The summed E-state index contributed by atoms with van der Waals surface area (Å²) >= 11 is 0. The first-order valence-corrected chi connectivity index (χ1v) is 7.83. The molecule has 1 aromatic carbocycles.